The fourth-order valence-corrected chi connectivity index (χ4v) is 0.847. The topological polar surface area (TPSA) is 66.8 Å². The third kappa shape index (κ3) is 7.78. The van der Waals surface area contributed by atoms with Crippen molar-refractivity contribution in [2.75, 3.05) is 20.2 Å². The summed E-state index contributed by atoms with van der Waals surface area (Å²) in [5.74, 6) is -0.432. The van der Waals surface area contributed by atoms with Crippen molar-refractivity contribution in [3.05, 3.63) is 0 Å². The van der Waals surface area contributed by atoms with Crippen molar-refractivity contribution in [2.45, 2.75) is 26.7 Å². The first-order valence-corrected chi connectivity index (χ1v) is 5.03. The van der Waals surface area contributed by atoms with Crippen LogP contribution in [-0.4, -0.2) is 42.3 Å². The first-order valence-electron chi connectivity index (χ1n) is 5.03. The van der Waals surface area contributed by atoms with E-state index in [1.807, 2.05) is 13.8 Å². The molecule has 0 aromatic rings. The maximum atomic E-state index is 11.2. The van der Waals surface area contributed by atoms with E-state index in [2.05, 4.69) is 0 Å². The molecule has 0 saturated carbocycles. The van der Waals surface area contributed by atoms with Crippen molar-refractivity contribution in [1.82, 2.24) is 4.90 Å². The van der Waals surface area contributed by atoms with Gasteiger partial charge in [-0.15, -0.1) is 0 Å². The van der Waals surface area contributed by atoms with Crippen molar-refractivity contribution < 1.29 is 19.4 Å². The van der Waals surface area contributed by atoms with Gasteiger partial charge in [0.15, 0.2) is 0 Å². The van der Waals surface area contributed by atoms with E-state index in [0.717, 1.165) is 6.42 Å². The predicted molar refractivity (Wildman–Crippen MR) is 55.7 cm³/mol. The Morgan fingerprint density at radius 1 is 1.40 bits per heavy atom. The molecule has 15 heavy (non-hydrogen) atoms. The molecular weight excluding hydrogens is 198 g/mol. The molecule has 0 aliphatic carbocycles. The second-order valence-corrected chi connectivity index (χ2v) is 3.86. The standard InChI is InChI=1S/C10H19NO4/c1-8(2)5-7-15-10(14)11(3)6-4-9(12)13/h8H,4-7H2,1-3H3,(H,12,13). The number of aliphatic carboxylic acids is 1. The van der Waals surface area contributed by atoms with E-state index in [-0.39, 0.29) is 13.0 Å². The van der Waals surface area contributed by atoms with Crippen LogP contribution in [0.4, 0.5) is 4.79 Å². The largest absolute Gasteiger partial charge is 0.481 e. The molecule has 88 valence electrons. The van der Waals surface area contributed by atoms with Crippen molar-refractivity contribution in [3.8, 4) is 0 Å². The van der Waals surface area contributed by atoms with E-state index < -0.39 is 12.1 Å². The Bertz CT molecular complexity index is 215. The summed E-state index contributed by atoms with van der Waals surface area (Å²) in [5, 5.41) is 8.41. The fourth-order valence-electron chi connectivity index (χ4n) is 0.847. The smallest absolute Gasteiger partial charge is 0.409 e. The minimum atomic E-state index is -0.920. The molecule has 1 N–H and O–H groups in total. The Morgan fingerprint density at radius 3 is 2.47 bits per heavy atom. The molecule has 0 radical (unpaired) electrons. The molecule has 0 aromatic heterocycles. The number of rotatable bonds is 6. The molecule has 0 spiro atoms. The third-order valence-electron chi connectivity index (χ3n) is 1.89. The highest BCUT2D eigenvalue weighted by Crippen LogP contribution is 2.00. The van der Waals surface area contributed by atoms with Gasteiger partial charge in [0.05, 0.1) is 13.0 Å². The van der Waals surface area contributed by atoms with E-state index in [1.54, 1.807) is 0 Å². The monoisotopic (exact) mass is 217 g/mol. The van der Waals surface area contributed by atoms with E-state index in [0.29, 0.717) is 12.5 Å². The molecule has 0 aromatic carbocycles. The average molecular weight is 217 g/mol. The van der Waals surface area contributed by atoms with Crippen LogP contribution in [0.25, 0.3) is 0 Å². The van der Waals surface area contributed by atoms with Crippen LogP contribution in [0, 0.1) is 5.92 Å². The maximum absolute atomic E-state index is 11.2. The minimum Gasteiger partial charge on any atom is -0.481 e. The van der Waals surface area contributed by atoms with Gasteiger partial charge >= 0.3 is 12.1 Å². The Morgan fingerprint density at radius 2 is 2.00 bits per heavy atom. The minimum absolute atomic E-state index is 0.0597. The highest BCUT2D eigenvalue weighted by molar-refractivity contribution is 5.70. The van der Waals surface area contributed by atoms with Gasteiger partial charge in [-0.25, -0.2) is 4.79 Å². The van der Waals surface area contributed by atoms with Gasteiger partial charge in [0.2, 0.25) is 0 Å². The van der Waals surface area contributed by atoms with Gasteiger partial charge in [-0.05, 0) is 12.3 Å². The summed E-state index contributed by atoms with van der Waals surface area (Å²) in [7, 11) is 1.53. The van der Waals surface area contributed by atoms with Gasteiger partial charge < -0.3 is 14.7 Å². The fraction of sp³-hybridized carbons (Fsp3) is 0.800. The van der Waals surface area contributed by atoms with Crippen LogP contribution in [-0.2, 0) is 9.53 Å². The summed E-state index contributed by atoms with van der Waals surface area (Å²) in [5.41, 5.74) is 0. The maximum Gasteiger partial charge on any atom is 0.409 e. The predicted octanol–water partition coefficient (Wildman–Crippen LogP) is 1.58. The summed E-state index contributed by atoms with van der Waals surface area (Å²) in [6, 6.07) is 0. The summed E-state index contributed by atoms with van der Waals surface area (Å²) < 4.78 is 4.94. The summed E-state index contributed by atoms with van der Waals surface area (Å²) in [6.45, 7) is 4.65. The number of hydrogen-bond acceptors (Lipinski definition) is 3. The van der Waals surface area contributed by atoms with Gasteiger partial charge in [-0.3, -0.25) is 4.79 Å². The SMILES string of the molecule is CC(C)CCOC(=O)N(C)CCC(=O)O. The summed E-state index contributed by atoms with van der Waals surface area (Å²) in [4.78, 5) is 22.8. The van der Waals surface area contributed by atoms with Crippen LogP contribution in [0.2, 0.25) is 0 Å². The van der Waals surface area contributed by atoms with Gasteiger partial charge in [-0.1, -0.05) is 13.8 Å². The molecule has 0 unspecified atom stereocenters. The number of nitrogens with zero attached hydrogens (tertiary/aromatic N) is 1. The number of carbonyl (C=O) groups excluding carboxylic acids is 1. The number of ether oxygens (including phenoxy) is 1. The van der Waals surface area contributed by atoms with E-state index in [9.17, 15) is 9.59 Å². The van der Waals surface area contributed by atoms with Gasteiger partial charge in [0, 0.05) is 13.6 Å². The highest BCUT2D eigenvalue weighted by atomic mass is 16.6. The van der Waals surface area contributed by atoms with Crippen LogP contribution in [0.15, 0.2) is 0 Å². The normalized spacial score (nSPS) is 10.1. The van der Waals surface area contributed by atoms with Gasteiger partial charge in [-0.2, -0.15) is 0 Å². The van der Waals surface area contributed by atoms with Crippen molar-refractivity contribution in [2.24, 2.45) is 5.92 Å². The summed E-state index contributed by atoms with van der Waals surface area (Å²) in [6.07, 6.45) is 0.297. The lowest BCUT2D eigenvalue weighted by atomic mass is 10.1. The molecule has 0 aliphatic heterocycles. The Hall–Kier alpha value is -1.26. The Kier molecular flexibility index (Phi) is 6.49. The number of carboxylic acid groups (broad SMARTS) is 1. The molecule has 0 atom stereocenters. The zero-order valence-corrected chi connectivity index (χ0v) is 9.52. The van der Waals surface area contributed by atoms with E-state index in [1.165, 1.54) is 11.9 Å². The lowest BCUT2D eigenvalue weighted by Crippen LogP contribution is -2.30. The lowest BCUT2D eigenvalue weighted by Gasteiger charge is -2.16. The van der Waals surface area contributed by atoms with Crippen LogP contribution >= 0.6 is 0 Å². The third-order valence-corrected chi connectivity index (χ3v) is 1.89. The molecule has 5 nitrogen and oxygen atoms in total. The molecule has 0 aliphatic rings. The molecule has 5 heteroatoms. The number of hydrogen-bond donors (Lipinski definition) is 1. The first kappa shape index (κ1) is 13.7. The van der Waals surface area contributed by atoms with Crippen molar-refractivity contribution in [3.63, 3.8) is 0 Å². The molecule has 0 bridgehead atoms. The molecule has 0 heterocycles. The van der Waals surface area contributed by atoms with Crippen LogP contribution in [0.1, 0.15) is 26.7 Å². The molecule has 0 rings (SSSR count). The van der Waals surface area contributed by atoms with Crippen molar-refractivity contribution >= 4 is 12.1 Å². The average Bonchev–Trinajstić information content (AvgIpc) is 2.13. The van der Waals surface area contributed by atoms with Crippen LogP contribution in [0.5, 0.6) is 0 Å². The van der Waals surface area contributed by atoms with Crippen LogP contribution in [0.3, 0.4) is 0 Å². The molecular formula is C10H19NO4. The number of carbonyl (C=O) groups is 2. The zero-order chi connectivity index (χ0) is 11.8. The van der Waals surface area contributed by atoms with Gasteiger partial charge in [0.25, 0.3) is 0 Å². The molecule has 0 fully saturated rings. The molecule has 0 saturated heterocycles. The quantitative estimate of drug-likeness (QED) is 0.733. The van der Waals surface area contributed by atoms with Crippen LogP contribution < -0.4 is 0 Å². The Labute approximate surface area is 90.0 Å². The number of carboxylic acids is 1. The first-order chi connectivity index (χ1) is 6.93. The van der Waals surface area contributed by atoms with Crippen molar-refractivity contribution in [1.29, 1.82) is 0 Å². The molecule has 1 amide bonds. The summed E-state index contributed by atoms with van der Waals surface area (Å²) >= 11 is 0. The zero-order valence-electron chi connectivity index (χ0n) is 9.52. The highest BCUT2D eigenvalue weighted by Gasteiger charge is 2.11. The second-order valence-electron chi connectivity index (χ2n) is 3.86. The Balaban J connectivity index is 3.64. The van der Waals surface area contributed by atoms with Gasteiger partial charge in [0.1, 0.15) is 0 Å². The number of amides is 1. The van der Waals surface area contributed by atoms with E-state index >= 15 is 0 Å². The lowest BCUT2D eigenvalue weighted by molar-refractivity contribution is -0.137. The second kappa shape index (κ2) is 7.09. The van der Waals surface area contributed by atoms with E-state index in [4.69, 9.17) is 9.84 Å².